The lowest BCUT2D eigenvalue weighted by molar-refractivity contribution is 0.882. The van der Waals surface area contributed by atoms with Crippen LogP contribution in [0.3, 0.4) is 0 Å². The van der Waals surface area contributed by atoms with E-state index in [1.54, 1.807) is 0 Å². The molecule has 0 atom stereocenters. The summed E-state index contributed by atoms with van der Waals surface area (Å²) in [6, 6.07) is 18.2. The summed E-state index contributed by atoms with van der Waals surface area (Å²) in [4.78, 5) is 4.67. The van der Waals surface area contributed by atoms with Crippen molar-refractivity contribution in [1.82, 2.24) is 9.55 Å². The Morgan fingerprint density at radius 2 is 1.72 bits per heavy atom. The normalized spacial score (nSPS) is 10.4. The van der Waals surface area contributed by atoms with Crippen molar-refractivity contribution in [3.63, 3.8) is 0 Å². The van der Waals surface area contributed by atoms with E-state index in [0.717, 1.165) is 22.4 Å². The van der Waals surface area contributed by atoms with Crippen LogP contribution in [0.2, 0.25) is 0 Å². The second kappa shape index (κ2) is 4.38. The molecule has 1 heterocycles. The van der Waals surface area contributed by atoms with Gasteiger partial charge < -0.3 is 4.57 Å². The number of hydrogen-bond acceptors (Lipinski definition) is 1. The molecule has 0 unspecified atom stereocenters. The second-order valence-electron chi connectivity index (χ2n) is 4.08. The molecule has 0 bridgehead atoms. The summed E-state index contributed by atoms with van der Waals surface area (Å²) in [5.74, 6) is 3.62. The van der Waals surface area contributed by atoms with Crippen molar-refractivity contribution in [1.29, 1.82) is 0 Å². The predicted octanol–water partition coefficient (Wildman–Crippen LogP) is 3.34. The first-order valence-corrected chi connectivity index (χ1v) is 5.84. The maximum absolute atomic E-state index is 5.46. The Kier molecular flexibility index (Phi) is 2.59. The molecule has 1 aromatic heterocycles. The predicted molar refractivity (Wildman–Crippen MR) is 74.0 cm³/mol. The maximum atomic E-state index is 5.46. The number of fused-ring (bicyclic) bond motifs is 1. The molecule has 0 aliphatic carbocycles. The van der Waals surface area contributed by atoms with Gasteiger partial charge in [0.2, 0.25) is 0 Å². The SMILES string of the molecule is C#CCn1c(-c2ccccc2)nc2ccccc21. The molecular weight excluding hydrogens is 220 g/mol. The maximum Gasteiger partial charge on any atom is 0.141 e. The van der Waals surface area contributed by atoms with Crippen molar-refractivity contribution in [3.8, 4) is 23.7 Å². The Balaban J connectivity index is 2.29. The number of terminal acetylenes is 1. The summed E-state index contributed by atoms with van der Waals surface area (Å²) in [5.41, 5.74) is 3.14. The van der Waals surface area contributed by atoms with Crippen LogP contribution in [0, 0.1) is 12.3 Å². The summed E-state index contributed by atoms with van der Waals surface area (Å²) < 4.78 is 2.07. The van der Waals surface area contributed by atoms with Crippen LogP contribution >= 0.6 is 0 Å². The number of imidazole rings is 1. The van der Waals surface area contributed by atoms with E-state index in [1.807, 2.05) is 54.6 Å². The van der Waals surface area contributed by atoms with Gasteiger partial charge in [-0.25, -0.2) is 4.98 Å². The van der Waals surface area contributed by atoms with Crippen LogP contribution in [-0.2, 0) is 6.54 Å². The molecule has 3 rings (SSSR count). The van der Waals surface area contributed by atoms with Crippen LogP contribution in [0.25, 0.3) is 22.4 Å². The van der Waals surface area contributed by atoms with E-state index in [4.69, 9.17) is 6.42 Å². The first-order valence-electron chi connectivity index (χ1n) is 5.84. The molecule has 0 aliphatic heterocycles. The van der Waals surface area contributed by atoms with Gasteiger partial charge in [-0.1, -0.05) is 48.4 Å². The van der Waals surface area contributed by atoms with Gasteiger partial charge in [0.15, 0.2) is 0 Å². The van der Waals surface area contributed by atoms with E-state index < -0.39 is 0 Å². The van der Waals surface area contributed by atoms with Crippen LogP contribution in [0.1, 0.15) is 0 Å². The largest absolute Gasteiger partial charge is 0.312 e. The molecule has 18 heavy (non-hydrogen) atoms. The monoisotopic (exact) mass is 232 g/mol. The fourth-order valence-corrected chi connectivity index (χ4v) is 2.13. The van der Waals surface area contributed by atoms with Gasteiger partial charge in [0, 0.05) is 5.56 Å². The highest BCUT2D eigenvalue weighted by Crippen LogP contribution is 2.24. The van der Waals surface area contributed by atoms with Crippen LogP contribution in [-0.4, -0.2) is 9.55 Å². The quantitative estimate of drug-likeness (QED) is 0.620. The fraction of sp³-hybridized carbons (Fsp3) is 0.0625. The minimum atomic E-state index is 0.532. The zero-order valence-electron chi connectivity index (χ0n) is 9.88. The number of aromatic nitrogens is 2. The van der Waals surface area contributed by atoms with Gasteiger partial charge >= 0.3 is 0 Å². The van der Waals surface area contributed by atoms with Crippen LogP contribution < -0.4 is 0 Å². The molecular formula is C16H12N2. The number of benzene rings is 2. The summed E-state index contributed by atoms with van der Waals surface area (Å²) in [6.45, 7) is 0.532. The number of para-hydroxylation sites is 2. The standard InChI is InChI=1S/C16H12N2/c1-2-12-18-15-11-7-6-10-14(15)17-16(18)13-8-4-3-5-9-13/h1,3-11H,12H2. The first kappa shape index (κ1) is 10.6. The van der Waals surface area contributed by atoms with E-state index in [1.165, 1.54) is 0 Å². The van der Waals surface area contributed by atoms with E-state index >= 15 is 0 Å². The fourth-order valence-electron chi connectivity index (χ4n) is 2.13. The third-order valence-electron chi connectivity index (χ3n) is 2.94. The van der Waals surface area contributed by atoms with E-state index in [-0.39, 0.29) is 0 Å². The average molecular weight is 232 g/mol. The molecule has 0 saturated heterocycles. The molecule has 86 valence electrons. The number of hydrogen-bond donors (Lipinski definition) is 0. The summed E-state index contributed by atoms with van der Waals surface area (Å²) in [6.07, 6.45) is 5.46. The van der Waals surface area contributed by atoms with Gasteiger partial charge in [-0.15, -0.1) is 6.42 Å². The number of rotatable bonds is 2. The molecule has 0 fully saturated rings. The summed E-state index contributed by atoms with van der Waals surface area (Å²) >= 11 is 0. The molecule has 0 saturated carbocycles. The third-order valence-corrected chi connectivity index (χ3v) is 2.94. The van der Waals surface area contributed by atoms with Crippen molar-refractivity contribution in [2.24, 2.45) is 0 Å². The lowest BCUT2D eigenvalue weighted by Gasteiger charge is -2.04. The number of nitrogens with zero attached hydrogens (tertiary/aromatic N) is 2. The molecule has 0 N–H and O–H groups in total. The van der Waals surface area contributed by atoms with Crippen molar-refractivity contribution in [2.75, 3.05) is 0 Å². The van der Waals surface area contributed by atoms with Crippen molar-refractivity contribution >= 4 is 11.0 Å². The molecule has 0 amide bonds. The van der Waals surface area contributed by atoms with Gasteiger partial charge in [0.1, 0.15) is 5.82 Å². The van der Waals surface area contributed by atoms with Crippen molar-refractivity contribution in [2.45, 2.75) is 6.54 Å². The van der Waals surface area contributed by atoms with Crippen molar-refractivity contribution in [3.05, 3.63) is 54.6 Å². The van der Waals surface area contributed by atoms with Gasteiger partial charge in [0.25, 0.3) is 0 Å². The van der Waals surface area contributed by atoms with Gasteiger partial charge in [-0.05, 0) is 12.1 Å². The molecule has 2 aromatic carbocycles. The summed E-state index contributed by atoms with van der Waals surface area (Å²) in [5, 5.41) is 0. The highest BCUT2D eigenvalue weighted by molar-refractivity contribution is 5.80. The Morgan fingerprint density at radius 1 is 1.00 bits per heavy atom. The topological polar surface area (TPSA) is 17.8 Å². The summed E-state index contributed by atoms with van der Waals surface area (Å²) in [7, 11) is 0. The first-order chi connectivity index (χ1) is 8.90. The Morgan fingerprint density at radius 3 is 2.50 bits per heavy atom. The van der Waals surface area contributed by atoms with Crippen LogP contribution in [0.4, 0.5) is 0 Å². The Hall–Kier alpha value is -2.53. The molecule has 3 aromatic rings. The molecule has 2 heteroatoms. The minimum absolute atomic E-state index is 0.532. The molecule has 0 spiro atoms. The highest BCUT2D eigenvalue weighted by Gasteiger charge is 2.10. The second-order valence-corrected chi connectivity index (χ2v) is 4.08. The lowest BCUT2D eigenvalue weighted by Crippen LogP contribution is -1.98. The highest BCUT2D eigenvalue weighted by atomic mass is 15.1. The van der Waals surface area contributed by atoms with Gasteiger partial charge in [-0.3, -0.25) is 0 Å². The van der Waals surface area contributed by atoms with Crippen LogP contribution in [0.5, 0.6) is 0 Å². The zero-order valence-corrected chi connectivity index (χ0v) is 9.88. The van der Waals surface area contributed by atoms with Crippen LogP contribution in [0.15, 0.2) is 54.6 Å². The van der Waals surface area contributed by atoms with Crippen molar-refractivity contribution < 1.29 is 0 Å². The van der Waals surface area contributed by atoms with E-state index in [9.17, 15) is 0 Å². The van der Waals surface area contributed by atoms with E-state index in [2.05, 4.69) is 15.5 Å². The minimum Gasteiger partial charge on any atom is -0.312 e. The Labute approximate surface area is 106 Å². The third kappa shape index (κ3) is 1.66. The van der Waals surface area contributed by atoms with Gasteiger partial charge in [0.05, 0.1) is 17.6 Å². The zero-order chi connectivity index (χ0) is 12.4. The lowest BCUT2D eigenvalue weighted by atomic mass is 10.2. The smallest absolute Gasteiger partial charge is 0.141 e. The average Bonchev–Trinajstić information content (AvgIpc) is 2.80. The molecule has 0 radical (unpaired) electrons. The molecule has 2 nitrogen and oxygen atoms in total. The van der Waals surface area contributed by atoms with E-state index in [0.29, 0.717) is 6.54 Å². The molecule has 0 aliphatic rings. The Bertz CT molecular complexity index is 718. The van der Waals surface area contributed by atoms with Gasteiger partial charge in [-0.2, -0.15) is 0 Å².